The van der Waals surface area contributed by atoms with Gasteiger partial charge in [-0.15, -0.1) is 0 Å². The van der Waals surface area contributed by atoms with Gasteiger partial charge in [0.2, 0.25) is 0 Å². The summed E-state index contributed by atoms with van der Waals surface area (Å²) >= 11 is 0.520. The molecule has 4 heteroatoms. The van der Waals surface area contributed by atoms with Gasteiger partial charge >= 0.3 is 116 Å². The van der Waals surface area contributed by atoms with Gasteiger partial charge in [0.1, 0.15) is 0 Å². The van der Waals surface area contributed by atoms with Crippen LogP contribution in [0.25, 0.3) is 9.40 Å². The topological polar surface area (TPSA) is 0 Å². The molecule has 0 spiro atoms. The molecule has 0 fully saturated rings. The molecule has 2 aromatic heterocycles. The Morgan fingerprint density at radius 1 is 0.667 bits per heavy atom. The Balaban J connectivity index is 0.000000771. The molecule has 0 aliphatic rings. The third kappa shape index (κ3) is 4.12. The zero-order valence-corrected chi connectivity index (χ0v) is 20.3. The molecule has 18 heavy (non-hydrogen) atoms. The van der Waals surface area contributed by atoms with Crippen molar-refractivity contribution in [1.29, 1.82) is 0 Å². The van der Waals surface area contributed by atoms with Crippen LogP contribution < -0.4 is 5.79 Å². The van der Waals surface area contributed by atoms with E-state index in [1.54, 1.807) is 15.2 Å². The van der Waals surface area contributed by atoms with Crippen molar-refractivity contribution in [1.82, 2.24) is 0 Å². The summed E-state index contributed by atoms with van der Waals surface area (Å²) in [7, 11) is 0. The SMILES string of the molecule is CC.[CH3][Sn]([CH3])([CH3])[c]1cc2s[c]([Sn]([CH3])([CH3])[CH3])cc2s1. The first-order chi connectivity index (χ1) is 8.18. The zero-order valence-electron chi connectivity index (χ0n) is 13.0. The third-order valence-corrected chi connectivity index (χ3v) is 23.8. The summed E-state index contributed by atoms with van der Waals surface area (Å²) < 4.78 is 6.58. The average molecular weight is 496 g/mol. The molecule has 0 nitrogen and oxygen atoms in total. The molecule has 0 bridgehead atoms. The van der Waals surface area contributed by atoms with E-state index in [9.17, 15) is 0 Å². The standard InChI is InChI=1S/C6H2S2.C2H6.6CH3.2Sn/c1-3-7-6-2-4-8-5(1)6;1-2;;;;;;;;/h1-2H;1-2H3;6*1H3;;. The second-order valence-electron chi connectivity index (χ2n) is 6.45. The molecular weight excluding hydrogens is 470 g/mol. The van der Waals surface area contributed by atoms with Crippen LogP contribution in [0.5, 0.6) is 0 Å². The normalized spacial score (nSPS) is 12.4. The van der Waals surface area contributed by atoms with Crippen molar-refractivity contribution in [2.45, 2.75) is 43.5 Å². The Hall–Kier alpha value is 1.26. The van der Waals surface area contributed by atoms with Gasteiger partial charge in [0, 0.05) is 0 Å². The first-order valence-electron chi connectivity index (χ1n) is 6.72. The molecule has 0 atom stereocenters. The van der Waals surface area contributed by atoms with E-state index in [1.807, 2.05) is 13.8 Å². The van der Waals surface area contributed by atoms with Crippen molar-refractivity contribution in [3.05, 3.63) is 12.1 Å². The molecule has 0 radical (unpaired) electrons. The summed E-state index contributed by atoms with van der Waals surface area (Å²) in [6.45, 7) is 4.00. The van der Waals surface area contributed by atoms with Gasteiger partial charge in [-0.05, 0) is 0 Å². The fourth-order valence-corrected chi connectivity index (χ4v) is 15.1. The summed E-state index contributed by atoms with van der Waals surface area (Å²) in [6.07, 6.45) is 0. The molecule has 0 aliphatic heterocycles. The number of hydrogen-bond acceptors (Lipinski definition) is 2. The van der Waals surface area contributed by atoms with E-state index in [0.717, 1.165) is 0 Å². The minimum atomic E-state index is -1.82. The van der Waals surface area contributed by atoms with Gasteiger partial charge in [-0.25, -0.2) is 0 Å². The summed E-state index contributed by atoms with van der Waals surface area (Å²) in [5.41, 5.74) is 0. The van der Waals surface area contributed by atoms with Gasteiger partial charge in [0.25, 0.3) is 0 Å². The number of fused-ring (bicyclic) bond motifs is 1. The maximum atomic E-state index is 2.51. The molecule has 0 saturated carbocycles. The molecular formula is C14H26S2Sn2. The first-order valence-corrected chi connectivity index (χ1v) is 28.3. The first kappa shape index (κ1) is 17.3. The van der Waals surface area contributed by atoms with Crippen LogP contribution in [0.2, 0.25) is 29.6 Å². The van der Waals surface area contributed by atoms with E-state index >= 15 is 0 Å². The summed E-state index contributed by atoms with van der Waals surface area (Å²) in [4.78, 5) is 15.0. The van der Waals surface area contributed by atoms with Gasteiger partial charge in [0.15, 0.2) is 0 Å². The summed E-state index contributed by atoms with van der Waals surface area (Å²) in [6, 6.07) is 5.00. The quantitative estimate of drug-likeness (QED) is 0.510. The van der Waals surface area contributed by atoms with Crippen molar-refractivity contribution in [2.75, 3.05) is 0 Å². The van der Waals surface area contributed by atoms with Crippen LogP contribution in [0, 0.1) is 0 Å². The van der Waals surface area contributed by atoms with E-state index in [-0.39, 0.29) is 0 Å². The monoisotopic (exact) mass is 498 g/mol. The molecule has 0 aromatic carbocycles. The Kier molecular flexibility index (Phi) is 6.11. The Bertz CT molecular complexity index is 435. The Morgan fingerprint density at radius 2 is 0.944 bits per heavy atom. The molecule has 0 saturated heterocycles. The molecule has 102 valence electrons. The van der Waals surface area contributed by atoms with Crippen LogP contribution >= 0.6 is 22.7 Å². The van der Waals surface area contributed by atoms with Crippen LogP contribution in [0.3, 0.4) is 0 Å². The number of hydrogen-bond donors (Lipinski definition) is 0. The average Bonchev–Trinajstić information content (AvgIpc) is 2.74. The molecule has 0 unspecified atom stereocenters. The molecule has 2 rings (SSSR count). The second-order valence-corrected chi connectivity index (χ2v) is 39.4. The van der Waals surface area contributed by atoms with E-state index in [2.05, 4.69) is 64.4 Å². The fraction of sp³-hybridized carbons (Fsp3) is 0.571. The predicted molar refractivity (Wildman–Crippen MR) is 97.0 cm³/mol. The van der Waals surface area contributed by atoms with Crippen LogP contribution in [-0.4, -0.2) is 36.8 Å². The maximum absolute atomic E-state index is 2.51. The third-order valence-electron chi connectivity index (χ3n) is 2.69. The molecule has 2 heterocycles. The Labute approximate surface area is 129 Å². The van der Waals surface area contributed by atoms with Crippen molar-refractivity contribution < 1.29 is 0 Å². The summed E-state index contributed by atoms with van der Waals surface area (Å²) in [5.74, 6) is 0. The van der Waals surface area contributed by atoms with E-state index in [1.165, 1.54) is 0 Å². The number of thiophene rings is 2. The molecule has 2 aromatic rings. The fourth-order valence-electron chi connectivity index (χ4n) is 1.57. The second kappa shape index (κ2) is 6.35. The molecule has 0 aliphatic carbocycles. The molecule has 0 N–H and O–H groups in total. The van der Waals surface area contributed by atoms with Gasteiger partial charge in [-0.3, -0.25) is 0 Å². The van der Waals surface area contributed by atoms with Gasteiger partial charge in [-0.2, -0.15) is 0 Å². The summed E-state index contributed by atoms with van der Waals surface area (Å²) in [5, 5.41) is 0. The molecule has 0 amide bonds. The van der Waals surface area contributed by atoms with Crippen LogP contribution in [0.4, 0.5) is 0 Å². The van der Waals surface area contributed by atoms with Crippen molar-refractivity contribution >= 4 is 74.6 Å². The predicted octanol–water partition coefficient (Wildman–Crippen LogP) is 5.08. The zero-order chi connectivity index (χ0) is 14.1. The van der Waals surface area contributed by atoms with Crippen molar-refractivity contribution in [2.24, 2.45) is 0 Å². The van der Waals surface area contributed by atoms with Gasteiger partial charge in [-0.1, -0.05) is 13.8 Å². The van der Waals surface area contributed by atoms with Gasteiger partial charge in [0.05, 0.1) is 0 Å². The van der Waals surface area contributed by atoms with Gasteiger partial charge < -0.3 is 0 Å². The van der Waals surface area contributed by atoms with E-state index in [0.29, 0.717) is 0 Å². The minimum absolute atomic E-state index is 1.56. The van der Waals surface area contributed by atoms with Crippen LogP contribution in [0.15, 0.2) is 12.1 Å². The van der Waals surface area contributed by atoms with Crippen LogP contribution in [-0.2, 0) is 0 Å². The van der Waals surface area contributed by atoms with E-state index < -0.39 is 36.8 Å². The van der Waals surface area contributed by atoms with Crippen molar-refractivity contribution in [3.63, 3.8) is 0 Å². The number of rotatable bonds is 2. The van der Waals surface area contributed by atoms with Crippen molar-refractivity contribution in [3.8, 4) is 0 Å². The van der Waals surface area contributed by atoms with E-state index in [4.69, 9.17) is 0 Å². The van der Waals surface area contributed by atoms with Crippen LogP contribution in [0.1, 0.15) is 13.8 Å². The Morgan fingerprint density at radius 3 is 1.17 bits per heavy atom.